The van der Waals surface area contributed by atoms with Gasteiger partial charge in [0.25, 0.3) is 0 Å². The molecule has 1 heterocycles. The summed E-state index contributed by atoms with van der Waals surface area (Å²) in [5, 5.41) is 0. The second-order valence-electron chi connectivity index (χ2n) is 7.74. The third kappa shape index (κ3) is 3.40. The van der Waals surface area contributed by atoms with Crippen molar-refractivity contribution >= 4 is 16.4 Å². The second kappa shape index (κ2) is 5.28. The van der Waals surface area contributed by atoms with Crippen molar-refractivity contribution in [2.45, 2.75) is 52.2 Å². The zero-order valence-electron chi connectivity index (χ0n) is 14.3. The Labute approximate surface area is 131 Å². The normalized spacial score (nSPS) is 20.1. The summed E-state index contributed by atoms with van der Waals surface area (Å²) in [6, 6.07) is 10.2. The van der Waals surface area contributed by atoms with Crippen molar-refractivity contribution in [1.29, 1.82) is 0 Å². The lowest BCUT2D eigenvalue weighted by Crippen LogP contribution is -2.42. The van der Waals surface area contributed by atoms with Gasteiger partial charge in [-0.05, 0) is 39.1 Å². The molecule has 0 saturated heterocycles. The first-order valence-corrected chi connectivity index (χ1v) is 14.0. The number of hydrogen-bond donors (Lipinski definition) is 0. The highest BCUT2D eigenvalue weighted by molar-refractivity contribution is 7.03. The van der Waals surface area contributed by atoms with Gasteiger partial charge in [0.05, 0.1) is 13.7 Å². The van der Waals surface area contributed by atoms with Crippen LogP contribution in [0.3, 0.4) is 0 Å². The molecule has 1 aromatic carbocycles. The molecule has 0 fully saturated rings. The molecule has 0 saturated carbocycles. The molecule has 0 atom stereocenters. The van der Waals surface area contributed by atoms with Crippen LogP contribution in [-0.2, 0) is 4.43 Å². The van der Waals surface area contributed by atoms with Gasteiger partial charge in [0.15, 0.2) is 0 Å². The highest BCUT2D eigenvalue weighted by Gasteiger charge is 2.50. The quantitative estimate of drug-likeness (QED) is 0.536. The van der Waals surface area contributed by atoms with Crippen LogP contribution >= 0.6 is 0 Å². The maximum Gasteiger partial charge on any atom is 0.212 e. The van der Waals surface area contributed by atoms with Crippen molar-refractivity contribution in [1.82, 2.24) is 0 Å². The molecule has 0 radical (unpaired) electrons. The maximum absolute atomic E-state index is 6.47. The molecule has 0 amide bonds. The molecule has 1 aromatic rings. The van der Waals surface area contributed by atoms with Gasteiger partial charge in [0.2, 0.25) is 8.32 Å². The van der Waals surface area contributed by atoms with E-state index in [-0.39, 0.29) is 5.60 Å². The molecular weight excluding hydrogens is 288 g/mol. The average molecular weight is 315 g/mol. The van der Waals surface area contributed by atoms with E-state index >= 15 is 0 Å². The van der Waals surface area contributed by atoms with Gasteiger partial charge in [0.1, 0.15) is 0 Å². The summed E-state index contributed by atoms with van der Waals surface area (Å²) in [7, 11) is -3.24. The van der Waals surface area contributed by atoms with Crippen molar-refractivity contribution in [3.8, 4) is 11.8 Å². The van der Waals surface area contributed by atoms with E-state index < -0.39 is 16.4 Å². The average Bonchev–Trinajstić information content (AvgIpc) is 2.51. The molecule has 21 heavy (non-hydrogen) atoms. The summed E-state index contributed by atoms with van der Waals surface area (Å²) in [5.41, 5.74) is 2.08. The lowest BCUT2D eigenvalue weighted by molar-refractivity contribution is 0.160. The Morgan fingerprint density at radius 3 is 2.10 bits per heavy atom. The molecule has 1 nitrogen and oxygen atoms in total. The van der Waals surface area contributed by atoms with Gasteiger partial charge in [0, 0.05) is 11.1 Å². The third-order valence-electron chi connectivity index (χ3n) is 3.82. The van der Waals surface area contributed by atoms with Gasteiger partial charge in [-0.3, -0.25) is 0 Å². The fourth-order valence-corrected chi connectivity index (χ4v) is 14.4. The smallest absolute Gasteiger partial charge is 0.212 e. The molecule has 0 bridgehead atoms. The molecule has 0 N–H and O–H groups in total. The monoisotopic (exact) mass is 314 g/mol. The highest BCUT2D eigenvalue weighted by Crippen LogP contribution is 2.43. The summed E-state index contributed by atoms with van der Waals surface area (Å²) in [6.45, 7) is 16.2. The first-order chi connectivity index (χ1) is 9.54. The maximum atomic E-state index is 6.47. The lowest BCUT2D eigenvalue weighted by atomic mass is 10.00. The topological polar surface area (TPSA) is 9.23 Å². The van der Waals surface area contributed by atoms with E-state index in [1.807, 2.05) is 18.2 Å². The lowest BCUT2D eigenvalue weighted by Gasteiger charge is -2.29. The Hall–Kier alpha value is -1.09. The molecule has 0 unspecified atom stereocenters. The van der Waals surface area contributed by atoms with Crippen LogP contribution in [-0.4, -0.2) is 22.0 Å². The number of benzene rings is 1. The van der Waals surface area contributed by atoms with Crippen LogP contribution < -0.4 is 0 Å². The first-order valence-electron chi connectivity index (χ1n) is 7.57. The molecule has 0 aromatic heterocycles. The molecular formula is C18H26OSi2. The summed E-state index contributed by atoms with van der Waals surface area (Å²) in [5.74, 6) is 6.81. The van der Waals surface area contributed by atoms with E-state index in [0.29, 0.717) is 0 Å². The Kier molecular flexibility index (Phi) is 4.09. The van der Waals surface area contributed by atoms with Gasteiger partial charge in [-0.25, -0.2) is 0 Å². The Morgan fingerprint density at radius 2 is 1.57 bits per heavy atom. The Morgan fingerprint density at radius 1 is 1.00 bits per heavy atom. The van der Waals surface area contributed by atoms with E-state index in [1.54, 1.807) is 4.82 Å². The zero-order chi connectivity index (χ0) is 15.9. The first kappa shape index (κ1) is 16.3. The van der Waals surface area contributed by atoms with Crippen LogP contribution in [0.2, 0.25) is 32.7 Å². The summed E-state index contributed by atoms with van der Waals surface area (Å²) < 4.78 is 6.47. The molecule has 3 heteroatoms. The highest BCUT2D eigenvalue weighted by atomic mass is 28.4. The van der Waals surface area contributed by atoms with E-state index in [2.05, 4.69) is 70.6 Å². The van der Waals surface area contributed by atoms with Crippen LogP contribution in [0.25, 0.3) is 0 Å². The summed E-state index contributed by atoms with van der Waals surface area (Å²) in [4.78, 5) is 1.59. The van der Waals surface area contributed by atoms with Crippen LogP contribution in [0.5, 0.6) is 0 Å². The molecule has 2 rings (SSSR count). The summed E-state index contributed by atoms with van der Waals surface area (Å²) in [6.07, 6.45) is 0. The van der Waals surface area contributed by atoms with Gasteiger partial charge < -0.3 is 4.43 Å². The summed E-state index contributed by atoms with van der Waals surface area (Å²) >= 11 is 0. The van der Waals surface area contributed by atoms with E-state index in [9.17, 15) is 0 Å². The van der Waals surface area contributed by atoms with Crippen molar-refractivity contribution in [3.63, 3.8) is 0 Å². The Balaban J connectivity index is 2.58. The number of hydrogen-bond acceptors (Lipinski definition) is 1. The van der Waals surface area contributed by atoms with Crippen LogP contribution in [0, 0.1) is 11.8 Å². The molecule has 112 valence electrons. The number of rotatable bonds is 1. The molecule has 0 spiro atoms. The van der Waals surface area contributed by atoms with Crippen molar-refractivity contribution < 1.29 is 4.43 Å². The van der Waals surface area contributed by atoms with Crippen LogP contribution in [0.1, 0.15) is 19.4 Å². The molecule has 1 aliphatic heterocycles. The second-order valence-corrected chi connectivity index (χ2v) is 17.0. The minimum Gasteiger partial charge on any atom is -0.404 e. The minimum absolute atomic E-state index is 0.243. The van der Waals surface area contributed by atoms with Gasteiger partial charge >= 0.3 is 0 Å². The predicted molar refractivity (Wildman–Crippen MR) is 96.3 cm³/mol. The molecule has 0 aliphatic carbocycles. The van der Waals surface area contributed by atoms with Gasteiger partial charge in [-0.1, -0.05) is 54.5 Å². The van der Waals surface area contributed by atoms with E-state index in [1.165, 1.54) is 5.57 Å². The van der Waals surface area contributed by atoms with Crippen LogP contribution in [0.15, 0.2) is 40.7 Å². The zero-order valence-corrected chi connectivity index (χ0v) is 16.3. The fraction of sp³-hybridized carbons (Fsp3) is 0.444. The standard InChI is InChI=1S/C18H26OSi2/c1-18(2)16(14-13-15-11-9-8-10-12-15)17(20(3,4)5)21(6,7)19-18/h8-12H,1-7H3. The van der Waals surface area contributed by atoms with Crippen molar-refractivity contribution in [3.05, 3.63) is 46.3 Å². The van der Waals surface area contributed by atoms with Gasteiger partial charge in [-0.15, -0.1) is 0 Å². The SMILES string of the molecule is CC1(C)O[Si](C)(C)C([Si](C)(C)C)=C1C#Cc1ccccc1. The Bertz CT molecular complexity index is 623. The van der Waals surface area contributed by atoms with E-state index in [0.717, 1.165) is 5.56 Å². The third-order valence-corrected chi connectivity index (χ3v) is 12.1. The van der Waals surface area contributed by atoms with Crippen molar-refractivity contribution in [2.75, 3.05) is 0 Å². The minimum atomic E-state index is -1.80. The largest absolute Gasteiger partial charge is 0.404 e. The molecule has 1 aliphatic rings. The van der Waals surface area contributed by atoms with Crippen LogP contribution in [0.4, 0.5) is 0 Å². The van der Waals surface area contributed by atoms with E-state index in [4.69, 9.17) is 4.43 Å². The van der Waals surface area contributed by atoms with Crippen molar-refractivity contribution in [2.24, 2.45) is 0 Å². The van der Waals surface area contributed by atoms with Gasteiger partial charge in [-0.2, -0.15) is 0 Å². The fourth-order valence-electron chi connectivity index (χ4n) is 3.49. The predicted octanol–water partition coefficient (Wildman–Crippen LogP) is 4.77.